The molecule has 1 aromatic rings. The van der Waals surface area contributed by atoms with Crippen LogP contribution in [-0.2, 0) is 0 Å². The van der Waals surface area contributed by atoms with Gasteiger partial charge in [-0.2, -0.15) is 0 Å². The van der Waals surface area contributed by atoms with Gasteiger partial charge in [-0.15, -0.1) is 0 Å². The van der Waals surface area contributed by atoms with Crippen LogP contribution in [0.4, 0.5) is 5.69 Å². The van der Waals surface area contributed by atoms with E-state index in [-0.39, 0.29) is 5.84 Å². The van der Waals surface area contributed by atoms with Crippen molar-refractivity contribution in [3.05, 3.63) is 28.2 Å². The van der Waals surface area contributed by atoms with E-state index < -0.39 is 0 Å². The molecule has 0 aliphatic carbocycles. The van der Waals surface area contributed by atoms with Crippen LogP contribution in [0.15, 0.2) is 22.7 Å². The van der Waals surface area contributed by atoms with Gasteiger partial charge in [0.15, 0.2) is 0 Å². The van der Waals surface area contributed by atoms with E-state index in [4.69, 9.17) is 11.1 Å². The van der Waals surface area contributed by atoms with Gasteiger partial charge in [-0.25, -0.2) is 0 Å². The van der Waals surface area contributed by atoms with Gasteiger partial charge < -0.3 is 10.6 Å². The first-order chi connectivity index (χ1) is 8.10. The number of rotatable bonds is 6. The molecule has 17 heavy (non-hydrogen) atoms. The number of nitrogens with one attached hydrogen (secondary N) is 1. The number of anilines is 1. The Kier molecular flexibility index (Phi) is 5.48. The van der Waals surface area contributed by atoms with Crippen molar-refractivity contribution < 1.29 is 0 Å². The molecule has 0 radical (unpaired) electrons. The fraction of sp³-hybridized carbons (Fsp3) is 0.462. The molecule has 0 fully saturated rings. The minimum atomic E-state index is 0.105. The Hall–Kier alpha value is -1.03. The number of nitrogen functional groups attached to an aromatic ring is 1. The molecule has 3 nitrogen and oxygen atoms in total. The number of amidine groups is 1. The van der Waals surface area contributed by atoms with Gasteiger partial charge in [0.1, 0.15) is 5.84 Å². The van der Waals surface area contributed by atoms with E-state index in [0.717, 1.165) is 23.1 Å². The zero-order chi connectivity index (χ0) is 12.8. The van der Waals surface area contributed by atoms with Crippen LogP contribution in [0.2, 0.25) is 0 Å². The Labute approximate surface area is 112 Å². The van der Waals surface area contributed by atoms with Crippen molar-refractivity contribution in [3.63, 3.8) is 0 Å². The lowest BCUT2D eigenvalue weighted by molar-refractivity contribution is 0.731. The molecule has 0 amide bonds. The lowest BCUT2D eigenvalue weighted by Gasteiger charge is -2.24. The molecule has 0 aliphatic heterocycles. The quantitative estimate of drug-likeness (QED) is 0.625. The molecule has 0 atom stereocenters. The fourth-order valence-electron chi connectivity index (χ4n) is 1.73. The molecule has 0 aromatic heterocycles. The molecule has 0 aliphatic rings. The Bertz CT molecular complexity index is 390. The second kappa shape index (κ2) is 6.64. The maximum Gasteiger partial charge on any atom is 0.122 e. The molecule has 0 bridgehead atoms. The first-order valence-electron chi connectivity index (χ1n) is 5.99. The van der Waals surface area contributed by atoms with Crippen molar-refractivity contribution in [2.24, 2.45) is 5.73 Å². The number of nitrogens with two attached hydrogens (primary N) is 1. The number of nitrogens with zero attached hydrogens (tertiary/aromatic N) is 1. The van der Waals surface area contributed by atoms with Crippen LogP contribution in [0.1, 0.15) is 32.3 Å². The number of halogens is 1. The lowest BCUT2D eigenvalue weighted by Crippen LogP contribution is -2.24. The predicted octanol–water partition coefficient (Wildman–Crippen LogP) is 3.36. The summed E-state index contributed by atoms with van der Waals surface area (Å²) in [5.41, 5.74) is 7.40. The highest BCUT2D eigenvalue weighted by Gasteiger charge is 2.09. The first kappa shape index (κ1) is 14.0. The largest absolute Gasteiger partial charge is 0.384 e. The van der Waals surface area contributed by atoms with Crippen LogP contribution in [0.3, 0.4) is 0 Å². The summed E-state index contributed by atoms with van der Waals surface area (Å²) < 4.78 is 1.00. The molecular formula is C13H20BrN3. The molecule has 4 heteroatoms. The summed E-state index contributed by atoms with van der Waals surface area (Å²) in [5, 5.41) is 7.41. The van der Waals surface area contributed by atoms with E-state index in [2.05, 4.69) is 34.7 Å². The third-order valence-electron chi connectivity index (χ3n) is 2.76. The zero-order valence-electron chi connectivity index (χ0n) is 10.5. The topological polar surface area (TPSA) is 53.1 Å². The van der Waals surface area contributed by atoms with Crippen molar-refractivity contribution in [1.82, 2.24) is 0 Å². The van der Waals surface area contributed by atoms with Crippen LogP contribution in [0.25, 0.3) is 0 Å². The summed E-state index contributed by atoms with van der Waals surface area (Å²) in [4.78, 5) is 2.33. The van der Waals surface area contributed by atoms with Crippen LogP contribution in [0.5, 0.6) is 0 Å². The Morgan fingerprint density at radius 2 is 2.12 bits per heavy atom. The maximum atomic E-state index is 7.41. The Balaban J connectivity index is 2.92. The minimum Gasteiger partial charge on any atom is -0.384 e. The third kappa shape index (κ3) is 3.73. The molecule has 0 spiro atoms. The highest BCUT2D eigenvalue weighted by molar-refractivity contribution is 9.10. The summed E-state index contributed by atoms with van der Waals surface area (Å²) in [6.07, 6.45) is 2.38. The van der Waals surface area contributed by atoms with E-state index in [1.165, 1.54) is 18.5 Å². The maximum absolute atomic E-state index is 7.41. The SMILES string of the molecule is CCCCN(CC)c1ccc(C(=N)N)cc1Br. The highest BCUT2D eigenvalue weighted by Crippen LogP contribution is 2.27. The summed E-state index contributed by atoms with van der Waals surface area (Å²) in [7, 11) is 0. The van der Waals surface area contributed by atoms with Crippen LogP contribution >= 0.6 is 15.9 Å². The summed E-state index contributed by atoms with van der Waals surface area (Å²) in [6.45, 7) is 6.39. The number of hydrogen-bond donors (Lipinski definition) is 2. The summed E-state index contributed by atoms with van der Waals surface area (Å²) >= 11 is 3.55. The molecule has 1 rings (SSSR count). The van der Waals surface area contributed by atoms with Crippen LogP contribution in [0, 0.1) is 5.41 Å². The van der Waals surface area contributed by atoms with Crippen molar-refractivity contribution in [3.8, 4) is 0 Å². The number of hydrogen-bond acceptors (Lipinski definition) is 2. The van der Waals surface area contributed by atoms with Crippen LogP contribution < -0.4 is 10.6 Å². The van der Waals surface area contributed by atoms with Gasteiger partial charge in [-0.05, 0) is 47.5 Å². The third-order valence-corrected chi connectivity index (χ3v) is 3.40. The fourth-order valence-corrected chi connectivity index (χ4v) is 2.36. The normalized spacial score (nSPS) is 10.3. The van der Waals surface area contributed by atoms with E-state index in [1.807, 2.05) is 18.2 Å². The average Bonchev–Trinajstić information content (AvgIpc) is 2.31. The monoisotopic (exact) mass is 297 g/mol. The van der Waals surface area contributed by atoms with Crippen LogP contribution in [-0.4, -0.2) is 18.9 Å². The summed E-state index contributed by atoms with van der Waals surface area (Å²) in [6, 6.07) is 5.84. The first-order valence-corrected chi connectivity index (χ1v) is 6.78. The lowest BCUT2D eigenvalue weighted by atomic mass is 10.1. The van der Waals surface area contributed by atoms with E-state index >= 15 is 0 Å². The molecule has 1 aromatic carbocycles. The minimum absolute atomic E-state index is 0.105. The smallest absolute Gasteiger partial charge is 0.122 e. The molecule has 0 saturated heterocycles. The van der Waals surface area contributed by atoms with Gasteiger partial charge in [-0.1, -0.05) is 13.3 Å². The molecule has 0 heterocycles. The van der Waals surface area contributed by atoms with Gasteiger partial charge in [-0.3, -0.25) is 5.41 Å². The molecule has 94 valence electrons. The second-order valence-electron chi connectivity index (χ2n) is 4.01. The predicted molar refractivity (Wildman–Crippen MR) is 78.0 cm³/mol. The number of unbranched alkanes of at least 4 members (excludes halogenated alkanes) is 1. The van der Waals surface area contributed by atoms with Gasteiger partial charge in [0.2, 0.25) is 0 Å². The van der Waals surface area contributed by atoms with E-state index in [9.17, 15) is 0 Å². The van der Waals surface area contributed by atoms with Gasteiger partial charge in [0.05, 0.1) is 5.69 Å². The standard InChI is InChI=1S/C13H20BrN3/c1-3-5-8-17(4-2)12-7-6-10(13(15)16)9-11(12)14/h6-7,9H,3-5,8H2,1-2H3,(H3,15,16). The van der Waals surface area contributed by atoms with Gasteiger partial charge >= 0.3 is 0 Å². The van der Waals surface area contributed by atoms with Gasteiger partial charge in [0, 0.05) is 23.1 Å². The van der Waals surface area contributed by atoms with Gasteiger partial charge in [0.25, 0.3) is 0 Å². The molecule has 0 unspecified atom stereocenters. The van der Waals surface area contributed by atoms with E-state index in [0.29, 0.717) is 0 Å². The molecular weight excluding hydrogens is 278 g/mol. The summed E-state index contributed by atoms with van der Waals surface area (Å²) in [5.74, 6) is 0.105. The number of benzene rings is 1. The van der Waals surface area contributed by atoms with Crippen molar-refractivity contribution in [2.75, 3.05) is 18.0 Å². The van der Waals surface area contributed by atoms with E-state index in [1.54, 1.807) is 0 Å². The van der Waals surface area contributed by atoms with Crippen molar-refractivity contribution in [2.45, 2.75) is 26.7 Å². The Morgan fingerprint density at radius 3 is 2.59 bits per heavy atom. The average molecular weight is 298 g/mol. The van der Waals surface area contributed by atoms with Crippen molar-refractivity contribution in [1.29, 1.82) is 5.41 Å². The molecule has 0 saturated carbocycles. The highest BCUT2D eigenvalue weighted by atomic mass is 79.9. The Morgan fingerprint density at radius 1 is 1.41 bits per heavy atom. The zero-order valence-corrected chi connectivity index (χ0v) is 12.0. The van der Waals surface area contributed by atoms with Crippen molar-refractivity contribution >= 4 is 27.5 Å². The second-order valence-corrected chi connectivity index (χ2v) is 4.87. The molecule has 3 N–H and O–H groups in total.